The molecule has 2 aromatic carbocycles. The first-order valence-corrected chi connectivity index (χ1v) is 10.7. The number of carbonyl (C=O) groups excluding carboxylic acids is 1. The molecule has 0 bridgehead atoms. The van der Waals surface area contributed by atoms with E-state index in [2.05, 4.69) is 26.2 Å². The van der Waals surface area contributed by atoms with Crippen molar-refractivity contribution in [3.05, 3.63) is 61.4 Å². The van der Waals surface area contributed by atoms with Crippen LogP contribution in [0.5, 0.6) is 5.75 Å². The Labute approximate surface area is 182 Å². The molecule has 3 aromatic rings. The number of halogens is 2. The molecule has 4 nitrogen and oxygen atoms in total. The quantitative estimate of drug-likeness (QED) is 0.456. The van der Waals surface area contributed by atoms with Gasteiger partial charge in [0.2, 0.25) is 0 Å². The number of aromatic nitrogens is 1. The molecule has 0 unspecified atom stereocenters. The summed E-state index contributed by atoms with van der Waals surface area (Å²) in [7, 11) is 0. The molecule has 1 N–H and O–H groups in total. The van der Waals surface area contributed by atoms with Gasteiger partial charge in [0.25, 0.3) is 5.91 Å². The van der Waals surface area contributed by atoms with E-state index in [0.717, 1.165) is 31.7 Å². The predicted octanol–water partition coefficient (Wildman–Crippen LogP) is 6.48. The van der Waals surface area contributed by atoms with E-state index in [0.29, 0.717) is 15.9 Å². The summed E-state index contributed by atoms with van der Waals surface area (Å²) in [6, 6.07) is 9.99. The summed E-state index contributed by atoms with van der Waals surface area (Å²) in [5.74, 6) is 0.326. The van der Waals surface area contributed by atoms with Crippen LogP contribution >= 0.6 is 38.9 Å². The third-order valence-electron chi connectivity index (χ3n) is 4.30. The van der Waals surface area contributed by atoms with Crippen molar-refractivity contribution in [3.63, 3.8) is 0 Å². The Kier molecular flexibility index (Phi) is 6.43. The highest BCUT2D eigenvalue weighted by molar-refractivity contribution is 9.10. The maximum atomic E-state index is 12.3. The molecular formula is C21H20BrClN2O2S. The van der Waals surface area contributed by atoms with Crippen molar-refractivity contribution in [3.8, 4) is 17.0 Å². The van der Waals surface area contributed by atoms with E-state index < -0.39 is 0 Å². The van der Waals surface area contributed by atoms with E-state index in [-0.39, 0.29) is 12.5 Å². The maximum Gasteiger partial charge on any atom is 0.264 e. The lowest BCUT2D eigenvalue weighted by atomic mass is 10.1. The number of carbonyl (C=O) groups is 1. The molecule has 0 aliphatic rings. The predicted molar refractivity (Wildman–Crippen MR) is 120 cm³/mol. The largest absolute Gasteiger partial charge is 0.483 e. The summed E-state index contributed by atoms with van der Waals surface area (Å²) in [4.78, 5) is 17.9. The first-order valence-electron chi connectivity index (χ1n) is 8.68. The van der Waals surface area contributed by atoms with Crippen molar-refractivity contribution in [2.45, 2.75) is 27.7 Å². The van der Waals surface area contributed by atoms with Crippen LogP contribution in [0.15, 0.2) is 34.8 Å². The Morgan fingerprint density at radius 1 is 1.21 bits per heavy atom. The average molecular weight is 480 g/mol. The fourth-order valence-electron chi connectivity index (χ4n) is 2.73. The van der Waals surface area contributed by atoms with Crippen LogP contribution in [0.1, 0.15) is 21.6 Å². The second kappa shape index (κ2) is 8.64. The minimum Gasteiger partial charge on any atom is -0.483 e. The Morgan fingerprint density at radius 2 is 1.89 bits per heavy atom. The minimum atomic E-state index is -0.263. The molecule has 28 heavy (non-hydrogen) atoms. The molecule has 0 aliphatic carbocycles. The van der Waals surface area contributed by atoms with Gasteiger partial charge in [-0.25, -0.2) is 4.98 Å². The van der Waals surface area contributed by atoms with E-state index >= 15 is 0 Å². The van der Waals surface area contributed by atoms with Gasteiger partial charge in [0, 0.05) is 15.5 Å². The molecule has 1 amide bonds. The van der Waals surface area contributed by atoms with Gasteiger partial charge in [-0.1, -0.05) is 41.4 Å². The number of anilines is 1. The summed E-state index contributed by atoms with van der Waals surface area (Å²) in [6.07, 6.45) is 0. The van der Waals surface area contributed by atoms with Crippen LogP contribution in [-0.4, -0.2) is 17.5 Å². The van der Waals surface area contributed by atoms with E-state index in [9.17, 15) is 4.79 Å². The van der Waals surface area contributed by atoms with E-state index in [4.69, 9.17) is 16.3 Å². The molecule has 1 aromatic heterocycles. The molecule has 7 heteroatoms. The van der Waals surface area contributed by atoms with Crippen molar-refractivity contribution in [1.29, 1.82) is 0 Å². The van der Waals surface area contributed by atoms with Crippen molar-refractivity contribution >= 4 is 49.9 Å². The highest BCUT2D eigenvalue weighted by Gasteiger charge is 2.15. The van der Waals surface area contributed by atoms with Gasteiger partial charge in [-0.2, -0.15) is 0 Å². The molecule has 0 aliphatic heterocycles. The average Bonchev–Trinajstić information content (AvgIpc) is 3.02. The first-order chi connectivity index (χ1) is 13.3. The van der Waals surface area contributed by atoms with Gasteiger partial charge < -0.3 is 4.74 Å². The summed E-state index contributed by atoms with van der Waals surface area (Å²) < 4.78 is 6.43. The molecule has 0 radical (unpaired) electrons. The zero-order valence-electron chi connectivity index (χ0n) is 16.0. The lowest BCUT2D eigenvalue weighted by molar-refractivity contribution is -0.118. The number of benzene rings is 2. The lowest BCUT2D eigenvalue weighted by Gasteiger charge is -2.12. The van der Waals surface area contributed by atoms with Gasteiger partial charge in [0.05, 0.1) is 10.2 Å². The minimum absolute atomic E-state index is 0.113. The number of nitrogens with zero attached hydrogens (tertiary/aromatic N) is 1. The van der Waals surface area contributed by atoms with Gasteiger partial charge in [0.15, 0.2) is 11.7 Å². The monoisotopic (exact) mass is 478 g/mol. The fourth-order valence-corrected chi connectivity index (χ4v) is 4.28. The van der Waals surface area contributed by atoms with Gasteiger partial charge in [0.1, 0.15) is 5.75 Å². The summed E-state index contributed by atoms with van der Waals surface area (Å²) in [5.41, 5.74) is 4.90. The lowest BCUT2D eigenvalue weighted by Crippen LogP contribution is -2.20. The summed E-state index contributed by atoms with van der Waals surface area (Å²) >= 11 is 11.2. The zero-order chi connectivity index (χ0) is 20.4. The molecule has 0 saturated carbocycles. The Morgan fingerprint density at radius 3 is 2.57 bits per heavy atom. The number of hydrogen-bond donors (Lipinski definition) is 1. The number of nitrogens with one attached hydrogen (secondary N) is 1. The van der Waals surface area contributed by atoms with E-state index in [1.165, 1.54) is 16.9 Å². The SMILES string of the molecule is Cc1ccc(-c2nc(NC(=O)COc3cc(C)c(Cl)c(C)c3Br)sc2C)cc1. The van der Waals surface area contributed by atoms with Gasteiger partial charge >= 0.3 is 0 Å². The molecule has 0 spiro atoms. The van der Waals surface area contributed by atoms with E-state index in [1.807, 2.05) is 58.0 Å². The molecule has 1 heterocycles. The van der Waals surface area contributed by atoms with Gasteiger partial charge in [-0.05, 0) is 60.8 Å². The second-order valence-corrected chi connectivity index (χ2v) is 8.95. The standard InChI is InChI=1S/C21H20BrClN2O2S/c1-11-5-7-15(8-6-11)20-14(4)28-21(25-20)24-17(26)10-27-16-9-12(2)19(23)13(3)18(16)22/h5-9H,10H2,1-4H3,(H,24,25,26). The topological polar surface area (TPSA) is 51.2 Å². The van der Waals surface area contributed by atoms with Gasteiger partial charge in [-0.3, -0.25) is 10.1 Å². The third-order valence-corrected chi connectivity index (χ3v) is 6.75. The smallest absolute Gasteiger partial charge is 0.264 e. The Hall–Kier alpha value is -1.89. The second-order valence-electron chi connectivity index (χ2n) is 6.57. The first kappa shape index (κ1) is 20.8. The number of ether oxygens (including phenoxy) is 1. The van der Waals surface area contributed by atoms with Crippen LogP contribution in [0.2, 0.25) is 5.02 Å². The van der Waals surface area contributed by atoms with Crippen molar-refractivity contribution in [2.24, 2.45) is 0 Å². The summed E-state index contributed by atoms with van der Waals surface area (Å²) in [6.45, 7) is 7.73. The summed E-state index contributed by atoms with van der Waals surface area (Å²) in [5, 5.41) is 4.06. The maximum absolute atomic E-state index is 12.3. The molecule has 0 saturated heterocycles. The number of aryl methyl sites for hydroxylation is 3. The van der Waals surface area contributed by atoms with Crippen molar-refractivity contribution in [2.75, 3.05) is 11.9 Å². The molecule has 3 rings (SSSR count). The third kappa shape index (κ3) is 4.57. The van der Waals surface area contributed by atoms with E-state index in [1.54, 1.807) is 0 Å². The zero-order valence-corrected chi connectivity index (χ0v) is 19.2. The molecule has 0 fully saturated rings. The fraction of sp³-hybridized carbons (Fsp3) is 0.238. The molecule has 0 atom stereocenters. The van der Waals surface area contributed by atoms with Crippen LogP contribution in [0, 0.1) is 27.7 Å². The molecule has 146 valence electrons. The molecular weight excluding hydrogens is 460 g/mol. The highest BCUT2D eigenvalue weighted by atomic mass is 79.9. The van der Waals surface area contributed by atoms with Crippen LogP contribution in [0.4, 0.5) is 5.13 Å². The number of rotatable bonds is 5. The highest BCUT2D eigenvalue weighted by Crippen LogP contribution is 2.36. The Balaban J connectivity index is 1.68. The number of amides is 1. The Bertz CT molecular complexity index is 1030. The van der Waals surface area contributed by atoms with Crippen LogP contribution in [0.25, 0.3) is 11.3 Å². The van der Waals surface area contributed by atoms with Crippen molar-refractivity contribution < 1.29 is 9.53 Å². The van der Waals surface area contributed by atoms with Gasteiger partial charge in [-0.15, -0.1) is 11.3 Å². The van der Waals surface area contributed by atoms with Crippen LogP contribution in [-0.2, 0) is 4.79 Å². The van der Waals surface area contributed by atoms with Crippen LogP contribution in [0.3, 0.4) is 0 Å². The number of thiazole rings is 1. The normalized spacial score (nSPS) is 10.8. The number of hydrogen-bond acceptors (Lipinski definition) is 4. The van der Waals surface area contributed by atoms with Crippen LogP contribution < -0.4 is 10.1 Å². The van der Waals surface area contributed by atoms with Crippen molar-refractivity contribution in [1.82, 2.24) is 4.98 Å².